The predicted molar refractivity (Wildman–Crippen MR) is 90.1 cm³/mol. The Bertz CT molecular complexity index is 472. The van der Waals surface area contributed by atoms with Crippen LogP contribution in [0.15, 0.2) is 4.99 Å². The molecule has 0 spiro atoms. The van der Waals surface area contributed by atoms with Gasteiger partial charge in [0, 0.05) is 12.1 Å². The summed E-state index contributed by atoms with van der Waals surface area (Å²) in [6.45, 7) is 9.57. The van der Waals surface area contributed by atoms with Crippen LogP contribution < -0.4 is 5.32 Å². The van der Waals surface area contributed by atoms with Crippen molar-refractivity contribution in [3.63, 3.8) is 0 Å². The molecule has 1 aliphatic rings. The van der Waals surface area contributed by atoms with Gasteiger partial charge in [0.1, 0.15) is 10.7 Å². The molecule has 0 unspecified atom stereocenters. The highest BCUT2D eigenvalue weighted by Crippen LogP contribution is 2.24. The Hall–Kier alpha value is -0.970. The Morgan fingerprint density at radius 1 is 1.33 bits per heavy atom. The lowest BCUT2D eigenvalue weighted by atomic mass is 9.89. The van der Waals surface area contributed by atoms with E-state index in [2.05, 4.69) is 35.7 Å². The van der Waals surface area contributed by atoms with Crippen LogP contribution in [0.4, 0.5) is 0 Å². The van der Waals surface area contributed by atoms with Crippen molar-refractivity contribution in [3.8, 4) is 0 Å². The summed E-state index contributed by atoms with van der Waals surface area (Å²) in [5.41, 5.74) is 1.02. The predicted octanol–water partition coefficient (Wildman–Crippen LogP) is 3.95. The Morgan fingerprint density at radius 3 is 2.62 bits per heavy atom. The van der Waals surface area contributed by atoms with E-state index in [9.17, 15) is 0 Å². The molecule has 1 aromatic rings. The molecule has 21 heavy (non-hydrogen) atoms. The van der Waals surface area contributed by atoms with Gasteiger partial charge >= 0.3 is 0 Å². The van der Waals surface area contributed by atoms with Gasteiger partial charge in [0.05, 0.1) is 5.69 Å². The lowest BCUT2D eigenvalue weighted by molar-refractivity contribution is 0.366. The third kappa shape index (κ3) is 4.77. The molecule has 4 nitrogen and oxygen atoms in total. The van der Waals surface area contributed by atoms with Gasteiger partial charge in [-0.2, -0.15) is 0 Å². The van der Waals surface area contributed by atoms with Gasteiger partial charge in [-0.15, -0.1) is 5.10 Å². The van der Waals surface area contributed by atoms with Gasteiger partial charge in [0.15, 0.2) is 0 Å². The topological polar surface area (TPSA) is 50.2 Å². The number of hydrogen-bond donors (Lipinski definition) is 1. The number of nitrogens with one attached hydrogen (secondary N) is 1. The van der Waals surface area contributed by atoms with Crippen molar-refractivity contribution < 1.29 is 0 Å². The van der Waals surface area contributed by atoms with Crippen LogP contribution in [0.5, 0.6) is 0 Å². The maximum Gasteiger partial charge on any atom is 0.142 e. The minimum atomic E-state index is 0.0435. The summed E-state index contributed by atoms with van der Waals surface area (Å²) in [6, 6.07) is 0. The molecule has 118 valence electrons. The van der Waals surface area contributed by atoms with Gasteiger partial charge in [-0.25, -0.2) is 0 Å². The summed E-state index contributed by atoms with van der Waals surface area (Å²) in [7, 11) is 0. The molecule has 1 heterocycles. The van der Waals surface area contributed by atoms with E-state index >= 15 is 0 Å². The molecule has 0 amide bonds. The normalized spacial score (nSPS) is 18.0. The van der Waals surface area contributed by atoms with Crippen LogP contribution in [0, 0.1) is 12.8 Å². The Morgan fingerprint density at radius 2 is 2.05 bits per heavy atom. The maximum atomic E-state index is 4.92. The standard InChI is InChI=1S/C16H28N4S/c1-5-16(3,4)18-15(14-12(2)19-20-21-14)17-11-13-9-7-6-8-10-13/h13H,5-11H2,1-4H3,(H,17,18). The molecule has 0 bridgehead atoms. The van der Waals surface area contributed by atoms with Crippen molar-refractivity contribution in [3.05, 3.63) is 10.6 Å². The van der Waals surface area contributed by atoms with Crippen molar-refractivity contribution in [2.24, 2.45) is 10.9 Å². The first kappa shape index (κ1) is 16.4. The maximum absolute atomic E-state index is 4.92. The molecule has 1 fully saturated rings. The highest BCUT2D eigenvalue weighted by molar-refractivity contribution is 7.08. The Kier molecular flexibility index (Phi) is 5.73. The molecule has 1 aliphatic carbocycles. The first-order valence-electron chi connectivity index (χ1n) is 8.14. The van der Waals surface area contributed by atoms with Crippen LogP contribution in [-0.4, -0.2) is 27.5 Å². The largest absolute Gasteiger partial charge is 0.364 e. The first-order valence-corrected chi connectivity index (χ1v) is 8.91. The van der Waals surface area contributed by atoms with E-state index < -0.39 is 0 Å². The quantitative estimate of drug-likeness (QED) is 0.662. The molecule has 5 heteroatoms. The summed E-state index contributed by atoms with van der Waals surface area (Å²) in [6.07, 6.45) is 7.84. The molecule has 0 atom stereocenters. The van der Waals surface area contributed by atoms with Crippen molar-refractivity contribution in [2.75, 3.05) is 6.54 Å². The molecule has 1 N–H and O–H groups in total. The van der Waals surface area contributed by atoms with Crippen LogP contribution in [0.1, 0.15) is 69.9 Å². The summed E-state index contributed by atoms with van der Waals surface area (Å²) >= 11 is 1.44. The zero-order valence-corrected chi connectivity index (χ0v) is 14.6. The molecule has 0 radical (unpaired) electrons. The molecule has 1 saturated carbocycles. The molecular formula is C16H28N4S. The van der Waals surface area contributed by atoms with E-state index in [1.807, 2.05) is 6.92 Å². The highest BCUT2D eigenvalue weighted by Gasteiger charge is 2.21. The summed E-state index contributed by atoms with van der Waals surface area (Å²) in [5, 5.41) is 7.74. The van der Waals surface area contributed by atoms with Crippen LogP contribution in [0.25, 0.3) is 0 Å². The van der Waals surface area contributed by atoms with E-state index in [1.165, 1.54) is 43.6 Å². The third-order valence-corrected chi connectivity index (χ3v) is 5.27. The molecule has 0 saturated heterocycles. The fourth-order valence-corrected chi connectivity index (χ4v) is 3.24. The van der Waals surface area contributed by atoms with E-state index in [-0.39, 0.29) is 5.54 Å². The molecule has 1 aromatic heterocycles. The van der Waals surface area contributed by atoms with Crippen LogP contribution in [0.2, 0.25) is 0 Å². The number of aryl methyl sites for hydroxylation is 1. The van der Waals surface area contributed by atoms with Gasteiger partial charge in [-0.1, -0.05) is 30.7 Å². The average Bonchev–Trinajstić information content (AvgIpc) is 2.91. The van der Waals surface area contributed by atoms with Crippen molar-refractivity contribution in [2.45, 2.75) is 71.8 Å². The zero-order chi connectivity index (χ0) is 15.3. The van der Waals surface area contributed by atoms with E-state index in [1.54, 1.807) is 0 Å². The number of aromatic nitrogens is 2. The summed E-state index contributed by atoms with van der Waals surface area (Å²) in [5.74, 6) is 1.74. The molecular weight excluding hydrogens is 280 g/mol. The van der Waals surface area contributed by atoms with Crippen molar-refractivity contribution in [1.29, 1.82) is 0 Å². The van der Waals surface area contributed by atoms with Crippen molar-refractivity contribution in [1.82, 2.24) is 14.9 Å². The monoisotopic (exact) mass is 308 g/mol. The van der Waals surface area contributed by atoms with Crippen LogP contribution >= 0.6 is 11.5 Å². The second-order valence-electron chi connectivity index (χ2n) is 6.74. The van der Waals surface area contributed by atoms with Crippen LogP contribution in [-0.2, 0) is 0 Å². The third-order valence-electron chi connectivity index (χ3n) is 4.44. The van der Waals surface area contributed by atoms with Gasteiger partial charge in [0.2, 0.25) is 0 Å². The number of hydrogen-bond acceptors (Lipinski definition) is 4. The molecule has 2 rings (SSSR count). The minimum Gasteiger partial charge on any atom is -0.364 e. The number of nitrogens with zero attached hydrogens (tertiary/aromatic N) is 3. The first-order chi connectivity index (χ1) is 10.0. The Labute approximate surface area is 132 Å². The lowest BCUT2D eigenvalue weighted by Gasteiger charge is -2.27. The molecule has 0 aromatic carbocycles. The van der Waals surface area contributed by atoms with E-state index in [0.29, 0.717) is 0 Å². The van der Waals surface area contributed by atoms with Crippen molar-refractivity contribution >= 4 is 17.4 Å². The smallest absolute Gasteiger partial charge is 0.142 e. The van der Waals surface area contributed by atoms with E-state index in [0.717, 1.165) is 35.3 Å². The van der Waals surface area contributed by atoms with Gasteiger partial charge in [0.25, 0.3) is 0 Å². The van der Waals surface area contributed by atoms with Gasteiger partial charge in [-0.05, 0) is 57.5 Å². The van der Waals surface area contributed by atoms with Crippen LogP contribution in [0.3, 0.4) is 0 Å². The van der Waals surface area contributed by atoms with Gasteiger partial charge in [-0.3, -0.25) is 4.99 Å². The number of rotatable bonds is 5. The Balaban J connectivity index is 2.13. The minimum absolute atomic E-state index is 0.0435. The van der Waals surface area contributed by atoms with E-state index in [4.69, 9.17) is 4.99 Å². The summed E-state index contributed by atoms with van der Waals surface area (Å²) < 4.78 is 4.06. The highest BCUT2D eigenvalue weighted by atomic mass is 32.1. The zero-order valence-electron chi connectivity index (χ0n) is 13.8. The lowest BCUT2D eigenvalue weighted by Crippen LogP contribution is -2.43. The number of aliphatic imine (C=N–C) groups is 1. The second kappa shape index (κ2) is 7.34. The fourth-order valence-electron chi connectivity index (χ4n) is 2.62. The average molecular weight is 308 g/mol. The summed E-state index contributed by atoms with van der Waals surface area (Å²) in [4.78, 5) is 6.01. The SMILES string of the molecule is CCC(C)(C)NC(=NCC1CCCCC1)c1snnc1C. The second-order valence-corrected chi connectivity index (χ2v) is 7.50. The van der Waals surface area contributed by atoms with Gasteiger partial charge < -0.3 is 5.32 Å². The fraction of sp³-hybridized carbons (Fsp3) is 0.812. The number of amidine groups is 1. The molecule has 0 aliphatic heterocycles.